The number of rotatable bonds is 2. The molecule has 0 spiro atoms. The second kappa shape index (κ2) is 5.91. The number of nitrogens with zero attached hydrogens (tertiary/aromatic N) is 1. The molecule has 104 valence electrons. The fraction of sp³-hybridized carbons (Fsp3) is 0.929. The van der Waals surface area contributed by atoms with Crippen LogP contribution in [0.15, 0.2) is 4.99 Å². The van der Waals surface area contributed by atoms with E-state index < -0.39 is 0 Å². The van der Waals surface area contributed by atoms with Crippen molar-refractivity contribution in [1.82, 2.24) is 10.7 Å². The Hall–Kier alpha value is -0.770. The summed E-state index contributed by atoms with van der Waals surface area (Å²) < 4.78 is 0. The standard InChI is InChI=1S/C14H28N4/c1-14(2)9-5-8-12(10-14)17-13(18-15)16-11-6-3-4-7-11/h11-12H,3-10,15H2,1-2H3,(H2,16,17,18). The number of hydrogen-bond acceptors (Lipinski definition) is 2. The maximum Gasteiger partial charge on any atom is 0.206 e. The van der Waals surface area contributed by atoms with E-state index in [9.17, 15) is 0 Å². The van der Waals surface area contributed by atoms with Gasteiger partial charge >= 0.3 is 0 Å². The molecule has 2 rings (SSSR count). The minimum Gasteiger partial charge on any atom is -0.353 e. The van der Waals surface area contributed by atoms with Gasteiger partial charge in [0, 0.05) is 6.04 Å². The van der Waals surface area contributed by atoms with Crippen LogP contribution in [0.25, 0.3) is 0 Å². The summed E-state index contributed by atoms with van der Waals surface area (Å²) in [6, 6.07) is 0.991. The van der Waals surface area contributed by atoms with Crippen LogP contribution in [0.4, 0.5) is 0 Å². The molecule has 2 fully saturated rings. The van der Waals surface area contributed by atoms with Crippen LogP contribution >= 0.6 is 0 Å². The van der Waals surface area contributed by atoms with Crippen molar-refractivity contribution in [1.29, 1.82) is 0 Å². The molecule has 0 amide bonds. The Morgan fingerprint density at radius 3 is 2.50 bits per heavy atom. The van der Waals surface area contributed by atoms with Crippen molar-refractivity contribution in [3.05, 3.63) is 0 Å². The molecule has 2 aliphatic rings. The first-order valence-corrected chi connectivity index (χ1v) is 7.40. The Morgan fingerprint density at radius 2 is 1.89 bits per heavy atom. The molecule has 0 aromatic heterocycles. The van der Waals surface area contributed by atoms with E-state index in [1.54, 1.807) is 0 Å². The van der Waals surface area contributed by atoms with Crippen LogP contribution in [-0.4, -0.2) is 18.0 Å². The number of hydrogen-bond donors (Lipinski definition) is 3. The summed E-state index contributed by atoms with van der Waals surface area (Å²) in [6.07, 6.45) is 10.1. The van der Waals surface area contributed by atoms with Crippen LogP contribution in [-0.2, 0) is 0 Å². The summed E-state index contributed by atoms with van der Waals surface area (Å²) in [4.78, 5) is 4.71. The Morgan fingerprint density at radius 1 is 1.17 bits per heavy atom. The molecule has 1 unspecified atom stereocenters. The van der Waals surface area contributed by atoms with Crippen molar-refractivity contribution < 1.29 is 0 Å². The molecule has 0 radical (unpaired) electrons. The highest BCUT2D eigenvalue weighted by molar-refractivity contribution is 5.79. The number of hydrazine groups is 1. The third-order valence-corrected chi connectivity index (χ3v) is 4.32. The number of aliphatic imine (C=N–C) groups is 1. The van der Waals surface area contributed by atoms with E-state index in [0.717, 1.165) is 5.96 Å². The van der Waals surface area contributed by atoms with Crippen LogP contribution in [0.3, 0.4) is 0 Å². The zero-order valence-corrected chi connectivity index (χ0v) is 11.8. The summed E-state index contributed by atoms with van der Waals surface area (Å²) in [5.41, 5.74) is 3.19. The van der Waals surface area contributed by atoms with Gasteiger partial charge in [0.05, 0.1) is 6.04 Å². The van der Waals surface area contributed by atoms with E-state index >= 15 is 0 Å². The first-order valence-electron chi connectivity index (χ1n) is 7.40. The summed E-state index contributed by atoms with van der Waals surface area (Å²) in [7, 11) is 0. The highest BCUT2D eigenvalue weighted by Crippen LogP contribution is 2.35. The Kier molecular flexibility index (Phi) is 4.49. The summed E-state index contributed by atoms with van der Waals surface area (Å²) in [5, 5.41) is 3.50. The van der Waals surface area contributed by atoms with Crippen molar-refractivity contribution in [2.75, 3.05) is 0 Å². The van der Waals surface area contributed by atoms with Gasteiger partial charge in [-0.05, 0) is 37.5 Å². The largest absolute Gasteiger partial charge is 0.353 e. The van der Waals surface area contributed by atoms with E-state index in [1.165, 1.54) is 51.4 Å². The van der Waals surface area contributed by atoms with E-state index in [-0.39, 0.29) is 0 Å². The molecular formula is C14H28N4. The van der Waals surface area contributed by atoms with E-state index in [4.69, 9.17) is 10.8 Å². The Labute approximate surface area is 111 Å². The van der Waals surface area contributed by atoms with Crippen LogP contribution in [0.5, 0.6) is 0 Å². The van der Waals surface area contributed by atoms with Crippen molar-refractivity contribution in [3.8, 4) is 0 Å². The highest BCUT2D eigenvalue weighted by Gasteiger charge is 2.28. The van der Waals surface area contributed by atoms with Crippen molar-refractivity contribution in [2.24, 2.45) is 16.3 Å². The Balaban J connectivity index is 1.89. The first kappa shape index (κ1) is 13.7. The summed E-state index contributed by atoms with van der Waals surface area (Å²) in [6.45, 7) is 4.70. The minimum atomic E-state index is 0.447. The normalized spacial score (nSPS) is 29.3. The first-order chi connectivity index (χ1) is 8.59. The van der Waals surface area contributed by atoms with E-state index in [0.29, 0.717) is 17.5 Å². The molecule has 0 saturated heterocycles. The molecule has 18 heavy (non-hydrogen) atoms. The van der Waals surface area contributed by atoms with Gasteiger partial charge in [-0.2, -0.15) is 0 Å². The maximum atomic E-state index is 5.59. The summed E-state index contributed by atoms with van der Waals surface area (Å²) >= 11 is 0. The van der Waals surface area contributed by atoms with Crippen molar-refractivity contribution in [2.45, 2.75) is 77.3 Å². The zero-order chi connectivity index (χ0) is 13.0. The minimum absolute atomic E-state index is 0.447. The lowest BCUT2D eigenvalue weighted by molar-refractivity contribution is 0.210. The van der Waals surface area contributed by atoms with Crippen LogP contribution in [0.1, 0.15) is 65.2 Å². The van der Waals surface area contributed by atoms with Gasteiger partial charge < -0.3 is 5.32 Å². The van der Waals surface area contributed by atoms with Crippen LogP contribution in [0, 0.1) is 5.41 Å². The third-order valence-electron chi connectivity index (χ3n) is 4.32. The fourth-order valence-corrected chi connectivity index (χ4v) is 3.35. The molecule has 0 aliphatic heterocycles. The average molecular weight is 252 g/mol. The van der Waals surface area contributed by atoms with Crippen molar-refractivity contribution in [3.63, 3.8) is 0 Å². The molecule has 0 bridgehead atoms. The molecule has 2 saturated carbocycles. The van der Waals surface area contributed by atoms with Gasteiger partial charge in [0.15, 0.2) is 0 Å². The summed E-state index contributed by atoms with van der Waals surface area (Å²) in [5.74, 6) is 6.39. The van der Waals surface area contributed by atoms with Gasteiger partial charge in [-0.3, -0.25) is 5.43 Å². The maximum absolute atomic E-state index is 5.59. The van der Waals surface area contributed by atoms with Crippen LogP contribution in [0.2, 0.25) is 0 Å². The molecule has 4 nitrogen and oxygen atoms in total. The molecule has 4 N–H and O–H groups in total. The van der Waals surface area contributed by atoms with E-state index in [1.807, 2.05) is 0 Å². The average Bonchev–Trinajstić information content (AvgIpc) is 2.79. The lowest BCUT2D eigenvalue weighted by atomic mass is 9.75. The van der Waals surface area contributed by atoms with Gasteiger partial charge in [0.2, 0.25) is 5.96 Å². The molecule has 1 atom stereocenters. The molecule has 0 heterocycles. The van der Waals surface area contributed by atoms with Gasteiger partial charge in [-0.25, -0.2) is 10.8 Å². The second-order valence-electron chi connectivity index (χ2n) is 6.66. The molecule has 0 aromatic carbocycles. The topological polar surface area (TPSA) is 62.4 Å². The predicted octanol–water partition coefficient (Wildman–Crippen LogP) is 2.31. The molecule has 0 aromatic rings. The van der Waals surface area contributed by atoms with Crippen molar-refractivity contribution >= 4 is 5.96 Å². The number of guanidine groups is 1. The lowest BCUT2D eigenvalue weighted by Gasteiger charge is -2.36. The Bertz CT molecular complexity index is 292. The smallest absolute Gasteiger partial charge is 0.206 e. The van der Waals surface area contributed by atoms with Gasteiger partial charge in [-0.1, -0.05) is 33.1 Å². The number of nitrogens with two attached hydrogens (primary N) is 1. The van der Waals surface area contributed by atoms with E-state index in [2.05, 4.69) is 24.6 Å². The predicted molar refractivity (Wildman–Crippen MR) is 76.2 cm³/mol. The number of nitrogens with one attached hydrogen (secondary N) is 2. The van der Waals surface area contributed by atoms with Gasteiger partial charge in [-0.15, -0.1) is 0 Å². The molecular weight excluding hydrogens is 224 g/mol. The zero-order valence-electron chi connectivity index (χ0n) is 11.8. The molecule has 4 heteroatoms. The monoisotopic (exact) mass is 252 g/mol. The van der Waals surface area contributed by atoms with Gasteiger partial charge in [0.1, 0.15) is 0 Å². The van der Waals surface area contributed by atoms with Gasteiger partial charge in [0.25, 0.3) is 0 Å². The molecule has 2 aliphatic carbocycles. The lowest BCUT2D eigenvalue weighted by Crippen LogP contribution is -2.49. The SMILES string of the molecule is CC1(C)CCCC(NC(=NC2CCCC2)NN)C1. The fourth-order valence-electron chi connectivity index (χ4n) is 3.35. The quantitative estimate of drug-likeness (QED) is 0.306. The second-order valence-corrected chi connectivity index (χ2v) is 6.66. The highest BCUT2D eigenvalue weighted by atomic mass is 15.3. The third kappa shape index (κ3) is 3.87. The van der Waals surface area contributed by atoms with Crippen LogP contribution < -0.4 is 16.6 Å².